The van der Waals surface area contributed by atoms with Crippen molar-refractivity contribution >= 4 is 22.8 Å². The summed E-state index contributed by atoms with van der Waals surface area (Å²) in [5.41, 5.74) is 11.5. The molecule has 0 radical (unpaired) electrons. The van der Waals surface area contributed by atoms with Crippen LogP contribution in [0.4, 0.5) is 17.1 Å². The molecule has 138 valence electrons. The van der Waals surface area contributed by atoms with Crippen LogP contribution in [0.2, 0.25) is 0 Å². The zero-order valence-corrected chi connectivity index (χ0v) is 15.1. The molecule has 2 aromatic carbocycles. The molecule has 0 fully saturated rings. The first kappa shape index (κ1) is 17.4. The number of pyridine rings is 1. The fourth-order valence-electron chi connectivity index (χ4n) is 2.96. The van der Waals surface area contributed by atoms with E-state index in [2.05, 4.69) is 26.4 Å². The minimum Gasteiger partial charge on any atom is -0.398 e. The van der Waals surface area contributed by atoms with E-state index in [0.717, 1.165) is 22.5 Å². The van der Waals surface area contributed by atoms with Crippen LogP contribution in [-0.4, -0.2) is 25.5 Å². The maximum absolute atomic E-state index is 8.38. The zero-order chi connectivity index (χ0) is 19.3. The molecule has 0 unspecified atom stereocenters. The van der Waals surface area contributed by atoms with E-state index >= 15 is 0 Å². The Balaban J connectivity index is 1.51. The van der Waals surface area contributed by atoms with Crippen molar-refractivity contribution in [3.05, 3.63) is 96.3 Å². The number of benzene rings is 2. The monoisotopic (exact) mass is 369 g/mol. The van der Waals surface area contributed by atoms with Crippen molar-refractivity contribution in [3.8, 4) is 0 Å². The molecule has 2 aromatic heterocycles. The van der Waals surface area contributed by atoms with Crippen LogP contribution in [0.25, 0.3) is 0 Å². The predicted molar refractivity (Wildman–Crippen MR) is 110 cm³/mol. The first-order chi connectivity index (χ1) is 13.7. The summed E-state index contributed by atoms with van der Waals surface area (Å²) in [6, 6.07) is 17.3. The fraction of sp³-hybridized carbons (Fsp3) is 0.0476. The van der Waals surface area contributed by atoms with Crippen LogP contribution in [0.15, 0.2) is 79.6 Å². The van der Waals surface area contributed by atoms with Gasteiger partial charge in [0.25, 0.3) is 0 Å². The summed E-state index contributed by atoms with van der Waals surface area (Å²) >= 11 is 0. The van der Waals surface area contributed by atoms with Crippen LogP contribution in [0.5, 0.6) is 0 Å². The fourth-order valence-corrected chi connectivity index (χ4v) is 2.96. The summed E-state index contributed by atoms with van der Waals surface area (Å²) in [6.45, 7) is 0.652. The van der Waals surface area contributed by atoms with Gasteiger partial charge in [-0.25, -0.2) is 9.67 Å². The second-order valence-corrected chi connectivity index (χ2v) is 6.33. The minimum absolute atomic E-state index is 0.376. The lowest BCUT2D eigenvalue weighted by atomic mass is 10.0. The Morgan fingerprint density at radius 2 is 1.82 bits per heavy atom. The Morgan fingerprint density at radius 1 is 1.00 bits per heavy atom. The highest BCUT2D eigenvalue weighted by atomic mass is 15.3. The number of hydrogen-bond donors (Lipinski definition) is 3. The summed E-state index contributed by atoms with van der Waals surface area (Å²) in [7, 11) is 0. The molecule has 4 N–H and O–H groups in total. The number of anilines is 3. The Labute approximate surface area is 162 Å². The van der Waals surface area contributed by atoms with Gasteiger partial charge in [0.15, 0.2) is 0 Å². The molecular formula is C21H19N7. The summed E-state index contributed by atoms with van der Waals surface area (Å²) in [5, 5.41) is 15.9. The van der Waals surface area contributed by atoms with Crippen molar-refractivity contribution in [2.75, 3.05) is 11.1 Å². The molecule has 0 amide bonds. The maximum Gasteiger partial charge on any atom is 0.137 e. The van der Waals surface area contributed by atoms with E-state index in [9.17, 15) is 0 Å². The van der Waals surface area contributed by atoms with Crippen LogP contribution in [0.3, 0.4) is 0 Å². The summed E-state index contributed by atoms with van der Waals surface area (Å²) in [5.74, 6) is 0. The average molecular weight is 369 g/mol. The Kier molecular flexibility index (Phi) is 4.79. The molecule has 0 aliphatic heterocycles. The smallest absolute Gasteiger partial charge is 0.137 e. The first-order valence-electron chi connectivity index (χ1n) is 8.76. The van der Waals surface area contributed by atoms with Crippen molar-refractivity contribution in [2.24, 2.45) is 0 Å². The molecule has 4 rings (SSSR count). The summed E-state index contributed by atoms with van der Waals surface area (Å²) in [6.07, 6.45) is 6.55. The number of aromatic nitrogens is 4. The second-order valence-electron chi connectivity index (χ2n) is 6.33. The lowest BCUT2D eigenvalue weighted by Crippen LogP contribution is -2.06. The molecule has 0 bridgehead atoms. The lowest BCUT2D eigenvalue weighted by molar-refractivity contribution is 0.685. The molecule has 28 heavy (non-hydrogen) atoms. The van der Waals surface area contributed by atoms with Crippen molar-refractivity contribution in [1.82, 2.24) is 19.7 Å². The number of rotatable bonds is 6. The summed E-state index contributed by atoms with van der Waals surface area (Å²) < 4.78 is 1.77. The van der Waals surface area contributed by atoms with Crippen LogP contribution < -0.4 is 11.1 Å². The molecule has 0 saturated heterocycles. The van der Waals surface area contributed by atoms with Gasteiger partial charge < -0.3 is 11.1 Å². The minimum atomic E-state index is 0.376. The van der Waals surface area contributed by atoms with E-state index in [1.165, 1.54) is 6.33 Å². The molecule has 4 aromatic rings. The third-order valence-corrected chi connectivity index (χ3v) is 4.32. The quantitative estimate of drug-likeness (QED) is 0.356. The maximum atomic E-state index is 8.38. The molecule has 2 heterocycles. The van der Waals surface area contributed by atoms with E-state index in [0.29, 0.717) is 23.5 Å². The van der Waals surface area contributed by atoms with Gasteiger partial charge in [-0.15, -0.1) is 0 Å². The first-order valence-corrected chi connectivity index (χ1v) is 8.76. The van der Waals surface area contributed by atoms with Crippen molar-refractivity contribution in [3.63, 3.8) is 0 Å². The Morgan fingerprint density at radius 3 is 2.57 bits per heavy atom. The SMILES string of the molecule is N=C(c1ccncc1)c1ccc(Nc2cccc(Cn3cncn3)c2)cc1N. The highest BCUT2D eigenvalue weighted by Crippen LogP contribution is 2.24. The molecule has 0 aliphatic rings. The van der Waals surface area contributed by atoms with Gasteiger partial charge in [-0.3, -0.25) is 10.4 Å². The number of nitrogen functional groups attached to an aromatic ring is 1. The molecule has 0 spiro atoms. The van der Waals surface area contributed by atoms with E-state index in [1.54, 1.807) is 35.5 Å². The topological polar surface area (TPSA) is 106 Å². The number of hydrogen-bond acceptors (Lipinski definition) is 6. The van der Waals surface area contributed by atoms with E-state index < -0.39 is 0 Å². The van der Waals surface area contributed by atoms with Gasteiger partial charge in [-0.05, 0) is 48.0 Å². The van der Waals surface area contributed by atoms with E-state index in [-0.39, 0.29) is 0 Å². The van der Waals surface area contributed by atoms with Gasteiger partial charge in [0.2, 0.25) is 0 Å². The van der Waals surface area contributed by atoms with Crippen LogP contribution >= 0.6 is 0 Å². The van der Waals surface area contributed by atoms with Crippen LogP contribution in [0.1, 0.15) is 16.7 Å². The standard InChI is InChI=1S/C21H19N7/c22-20-11-18(4-5-19(20)21(23)16-6-8-24-9-7-16)27-17-3-1-2-15(10-17)12-28-14-25-13-26-28/h1-11,13-14,23,27H,12,22H2. The number of nitrogens with zero attached hydrogens (tertiary/aromatic N) is 4. The normalized spacial score (nSPS) is 10.6. The van der Waals surface area contributed by atoms with Crippen LogP contribution in [-0.2, 0) is 6.54 Å². The van der Waals surface area contributed by atoms with Gasteiger partial charge in [0.1, 0.15) is 12.7 Å². The third kappa shape index (κ3) is 3.88. The number of nitrogens with two attached hydrogens (primary N) is 1. The van der Waals surface area contributed by atoms with Crippen molar-refractivity contribution < 1.29 is 0 Å². The molecule has 0 aliphatic carbocycles. The van der Waals surface area contributed by atoms with Crippen molar-refractivity contribution in [1.29, 1.82) is 5.41 Å². The average Bonchev–Trinajstić information content (AvgIpc) is 3.22. The Hall–Kier alpha value is -4.00. The van der Waals surface area contributed by atoms with Crippen LogP contribution in [0, 0.1) is 5.41 Å². The highest BCUT2D eigenvalue weighted by Gasteiger charge is 2.09. The van der Waals surface area contributed by atoms with Gasteiger partial charge in [0, 0.05) is 40.6 Å². The Bertz CT molecular complexity index is 1090. The van der Waals surface area contributed by atoms with E-state index in [1.807, 2.05) is 36.4 Å². The molecular weight excluding hydrogens is 350 g/mol. The van der Waals surface area contributed by atoms with E-state index in [4.69, 9.17) is 11.1 Å². The summed E-state index contributed by atoms with van der Waals surface area (Å²) in [4.78, 5) is 7.95. The van der Waals surface area contributed by atoms with Gasteiger partial charge in [-0.1, -0.05) is 12.1 Å². The van der Waals surface area contributed by atoms with Gasteiger partial charge in [-0.2, -0.15) is 5.10 Å². The molecule has 7 heteroatoms. The van der Waals surface area contributed by atoms with Gasteiger partial charge >= 0.3 is 0 Å². The largest absolute Gasteiger partial charge is 0.398 e. The lowest BCUT2D eigenvalue weighted by Gasteiger charge is -2.12. The molecule has 0 saturated carbocycles. The number of nitrogens with one attached hydrogen (secondary N) is 2. The predicted octanol–water partition coefficient (Wildman–Crippen LogP) is 3.46. The highest BCUT2D eigenvalue weighted by molar-refractivity contribution is 6.14. The van der Waals surface area contributed by atoms with Crippen molar-refractivity contribution in [2.45, 2.75) is 6.54 Å². The zero-order valence-electron chi connectivity index (χ0n) is 15.1. The van der Waals surface area contributed by atoms with Gasteiger partial charge in [0.05, 0.1) is 12.3 Å². The third-order valence-electron chi connectivity index (χ3n) is 4.32. The second kappa shape index (κ2) is 7.71. The molecule has 0 atom stereocenters. The molecule has 7 nitrogen and oxygen atoms in total.